The highest BCUT2D eigenvalue weighted by molar-refractivity contribution is 5.93. The van der Waals surface area contributed by atoms with Crippen molar-refractivity contribution in [2.75, 3.05) is 31.1 Å². The molecule has 3 rings (SSSR count). The second kappa shape index (κ2) is 6.58. The maximum Gasteiger partial charge on any atom is 0.248 e. The van der Waals surface area contributed by atoms with Gasteiger partial charge in [0, 0.05) is 56.4 Å². The zero-order valence-electron chi connectivity index (χ0n) is 12.5. The Bertz CT molecular complexity index is 619. The lowest BCUT2D eigenvalue weighted by Crippen LogP contribution is -2.45. The SMILES string of the molecule is NC(=O)c1ccc(N2CCN(Cc3ccncc3)CC2)cc1. The fraction of sp³-hybridized carbons (Fsp3) is 0.294. The summed E-state index contributed by atoms with van der Waals surface area (Å²) in [4.78, 5) is 19.9. The number of primary amides is 1. The van der Waals surface area contributed by atoms with Crippen molar-refractivity contribution < 1.29 is 4.79 Å². The molecule has 0 atom stereocenters. The summed E-state index contributed by atoms with van der Waals surface area (Å²) in [5.74, 6) is -0.381. The van der Waals surface area contributed by atoms with Gasteiger partial charge in [-0.3, -0.25) is 14.7 Å². The van der Waals surface area contributed by atoms with E-state index in [1.54, 1.807) is 12.1 Å². The number of nitrogens with two attached hydrogens (primary N) is 1. The van der Waals surface area contributed by atoms with E-state index in [4.69, 9.17) is 5.73 Å². The molecule has 2 N–H and O–H groups in total. The van der Waals surface area contributed by atoms with Gasteiger partial charge < -0.3 is 10.6 Å². The van der Waals surface area contributed by atoms with Crippen LogP contribution in [0.5, 0.6) is 0 Å². The van der Waals surface area contributed by atoms with E-state index in [1.165, 1.54) is 5.56 Å². The van der Waals surface area contributed by atoms with Crippen molar-refractivity contribution in [3.63, 3.8) is 0 Å². The molecule has 0 radical (unpaired) electrons. The lowest BCUT2D eigenvalue weighted by atomic mass is 10.1. The number of rotatable bonds is 4. The zero-order chi connectivity index (χ0) is 15.4. The van der Waals surface area contributed by atoms with Crippen molar-refractivity contribution in [1.82, 2.24) is 9.88 Å². The van der Waals surface area contributed by atoms with E-state index < -0.39 is 0 Å². The molecule has 1 amide bonds. The Morgan fingerprint density at radius 1 is 1.00 bits per heavy atom. The highest BCUT2D eigenvalue weighted by Crippen LogP contribution is 2.18. The van der Waals surface area contributed by atoms with Crippen LogP contribution in [0.4, 0.5) is 5.69 Å². The van der Waals surface area contributed by atoms with Crippen LogP contribution in [0.3, 0.4) is 0 Å². The van der Waals surface area contributed by atoms with Gasteiger partial charge in [-0.1, -0.05) is 0 Å². The standard InChI is InChI=1S/C17H20N4O/c18-17(22)15-1-3-16(4-2-15)21-11-9-20(10-12-21)13-14-5-7-19-8-6-14/h1-8H,9-13H2,(H2,18,22). The van der Waals surface area contributed by atoms with Crippen molar-refractivity contribution >= 4 is 11.6 Å². The Kier molecular flexibility index (Phi) is 4.34. The fourth-order valence-electron chi connectivity index (χ4n) is 2.75. The number of anilines is 1. The van der Waals surface area contributed by atoms with Crippen LogP contribution in [0.1, 0.15) is 15.9 Å². The Balaban J connectivity index is 1.56. The number of hydrogen-bond donors (Lipinski definition) is 1. The van der Waals surface area contributed by atoms with Crippen LogP contribution in [0.15, 0.2) is 48.8 Å². The third-order valence-corrected chi connectivity index (χ3v) is 4.04. The molecule has 0 aliphatic carbocycles. The van der Waals surface area contributed by atoms with Gasteiger partial charge in [-0.15, -0.1) is 0 Å². The van der Waals surface area contributed by atoms with Crippen molar-refractivity contribution in [2.45, 2.75) is 6.54 Å². The van der Waals surface area contributed by atoms with Gasteiger partial charge in [0.05, 0.1) is 0 Å². The first-order chi connectivity index (χ1) is 10.7. The molecule has 1 aromatic carbocycles. The molecule has 0 unspecified atom stereocenters. The van der Waals surface area contributed by atoms with E-state index in [0.29, 0.717) is 5.56 Å². The Morgan fingerprint density at radius 3 is 2.23 bits per heavy atom. The number of nitrogens with zero attached hydrogens (tertiary/aromatic N) is 3. The van der Waals surface area contributed by atoms with Crippen molar-refractivity contribution in [1.29, 1.82) is 0 Å². The summed E-state index contributed by atoms with van der Waals surface area (Å²) < 4.78 is 0. The molecule has 5 heteroatoms. The van der Waals surface area contributed by atoms with Crippen LogP contribution in [0.25, 0.3) is 0 Å². The molecule has 0 spiro atoms. The Morgan fingerprint density at radius 2 is 1.64 bits per heavy atom. The van der Waals surface area contributed by atoms with E-state index in [9.17, 15) is 4.79 Å². The summed E-state index contributed by atoms with van der Waals surface area (Å²) in [5.41, 5.74) is 8.27. The molecule has 114 valence electrons. The van der Waals surface area contributed by atoms with Crippen molar-refractivity contribution in [3.05, 3.63) is 59.9 Å². The van der Waals surface area contributed by atoms with Crippen LogP contribution >= 0.6 is 0 Å². The molecular formula is C17H20N4O. The first-order valence-corrected chi connectivity index (χ1v) is 7.48. The maximum atomic E-state index is 11.1. The first kappa shape index (κ1) is 14.5. The third kappa shape index (κ3) is 3.43. The second-order valence-electron chi connectivity index (χ2n) is 5.53. The third-order valence-electron chi connectivity index (χ3n) is 4.04. The van der Waals surface area contributed by atoms with Gasteiger partial charge in [-0.05, 0) is 42.0 Å². The number of carbonyl (C=O) groups excluding carboxylic acids is 1. The normalized spacial score (nSPS) is 15.7. The number of pyridine rings is 1. The minimum atomic E-state index is -0.381. The van der Waals surface area contributed by atoms with E-state index in [1.807, 2.05) is 24.5 Å². The number of aromatic nitrogens is 1. The molecule has 0 saturated carbocycles. The van der Waals surface area contributed by atoms with Crippen LogP contribution < -0.4 is 10.6 Å². The topological polar surface area (TPSA) is 62.5 Å². The van der Waals surface area contributed by atoms with E-state index in [-0.39, 0.29) is 5.91 Å². The van der Waals surface area contributed by atoms with Gasteiger partial charge in [0.15, 0.2) is 0 Å². The van der Waals surface area contributed by atoms with Crippen LogP contribution in [0, 0.1) is 0 Å². The quantitative estimate of drug-likeness (QED) is 0.929. The molecule has 5 nitrogen and oxygen atoms in total. The van der Waals surface area contributed by atoms with Gasteiger partial charge in [-0.2, -0.15) is 0 Å². The lowest BCUT2D eigenvalue weighted by molar-refractivity contribution is 0.100. The number of amides is 1. The molecular weight excluding hydrogens is 276 g/mol. The Hall–Kier alpha value is -2.40. The first-order valence-electron chi connectivity index (χ1n) is 7.48. The molecule has 2 heterocycles. The van der Waals surface area contributed by atoms with Gasteiger partial charge in [0.1, 0.15) is 0 Å². The summed E-state index contributed by atoms with van der Waals surface area (Å²) in [7, 11) is 0. The minimum Gasteiger partial charge on any atom is -0.369 e. The second-order valence-corrected chi connectivity index (χ2v) is 5.53. The van der Waals surface area contributed by atoms with Crippen molar-refractivity contribution in [3.8, 4) is 0 Å². The zero-order valence-corrected chi connectivity index (χ0v) is 12.5. The molecule has 0 bridgehead atoms. The monoisotopic (exact) mass is 296 g/mol. The summed E-state index contributed by atoms with van der Waals surface area (Å²) in [6.45, 7) is 5.00. The van der Waals surface area contributed by atoms with E-state index in [0.717, 1.165) is 38.4 Å². The van der Waals surface area contributed by atoms with E-state index in [2.05, 4.69) is 26.9 Å². The predicted octanol–water partition coefficient (Wildman–Crippen LogP) is 1.50. The summed E-state index contributed by atoms with van der Waals surface area (Å²) in [5, 5.41) is 0. The number of hydrogen-bond acceptors (Lipinski definition) is 4. The molecule has 1 aliphatic heterocycles. The van der Waals surface area contributed by atoms with Crippen molar-refractivity contribution in [2.24, 2.45) is 5.73 Å². The largest absolute Gasteiger partial charge is 0.369 e. The minimum absolute atomic E-state index is 0.381. The average molecular weight is 296 g/mol. The number of benzene rings is 1. The fourth-order valence-corrected chi connectivity index (χ4v) is 2.75. The lowest BCUT2D eigenvalue weighted by Gasteiger charge is -2.36. The molecule has 1 aliphatic rings. The molecule has 1 aromatic heterocycles. The molecule has 22 heavy (non-hydrogen) atoms. The Labute approximate surface area is 130 Å². The maximum absolute atomic E-state index is 11.1. The molecule has 1 fully saturated rings. The smallest absolute Gasteiger partial charge is 0.248 e. The molecule has 2 aromatic rings. The van der Waals surface area contributed by atoms with Gasteiger partial charge >= 0.3 is 0 Å². The average Bonchev–Trinajstić information content (AvgIpc) is 2.57. The van der Waals surface area contributed by atoms with E-state index >= 15 is 0 Å². The van der Waals surface area contributed by atoms with Gasteiger partial charge in [-0.25, -0.2) is 0 Å². The number of piperazine rings is 1. The summed E-state index contributed by atoms with van der Waals surface area (Å²) in [6, 6.07) is 11.7. The summed E-state index contributed by atoms with van der Waals surface area (Å²) in [6.07, 6.45) is 3.68. The predicted molar refractivity (Wildman–Crippen MR) is 86.7 cm³/mol. The van der Waals surface area contributed by atoms with Crippen LogP contribution in [-0.2, 0) is 6.54 Å². The van der Waals surface area contributed by atoms with Crippen LogP contribution in [-0.4, -0.2) is 42.0 Å². The van der Waals surface area contributed by atoms with Gasteiger partial charge in [0.25, 0.3) is 0 Å². The number of carbonyl (C=O) groups is 1. The highest BCUT2D eigenvalue weighted by Gasteiger charge is 2.17. The highest BCUT2D eigenvalue weighted by atomic mass is 16.1. The molecule has 1 saturated heterocycles. The summed E-state index contributed by atoms with van der Waals surface area (Å²) >= 11 is 0. The van der Waals surface area contributed by atoms with Crippen LogP contribution in [0.2, 0.25) is 0 Å². The van der Waals surface area contributed by atoms with Gasteiger partial charge in [0.2, 0.25) is 5.91 Å².